The van der Waals surface area contributed by atoms with E-state index >= 15 is 0 Å². The number of rotatable bonds is 6. The molecule has 0 aromatic heterocycles. The SMILES string of the molecule is Cc1cc(C)cc(C(=O)OCC(=O)Nc2ccccc2C(=O)NC2CCCC2)c1. The summed E-state index contributed by atoms with van der Waals surface area (Å²) < 4.78 is 5.13. The average molecular weight is 394 g/mol. The molecule has 0 atom stereocenters. The predicted octanol–water partition coefficient (Wildman–Crippen LogP) is 3.77. The van der Waals surface area contributed by atoms with Crippen LogP contribution in [0.25, 0.3) is 0 Å². The topological polar surface area (TPSA) is 84.5 Å². The van der Waals surface area contributed by atoms with Crippen molar-refractivity contribution in [2.75, 3.05) is 11.9 Å². The van der Waals surface area contributed by atoms with Gasteiger partial charge in [0.1, 0.15) is 0 Å². The number of amides is 2. The van der Waals surface area contributed by atoms with Crippen LogP contribution >= 0.6 is 0 Å². The third kappa shape index (κ3) is 5.67. The molecule has 1 aliphatic carbocycles. The summed E-state index contributed by atoms with van der Waals surface area (Å²) in [6.07, 6.45) is 4.20. The number of carbonyl (C=O) groups is 3. The summed E-state index contributed by atoms with van der Waals surface area (Å²) in [5.74, 6) is -1.26. The summed E-state index contributed by atoms with van der Waals surface area (Å²) in [7, 11) is 0. The number of carbonyl (C=O) groups excluding carboxylic acids is 3. The standard InChI is InChI=1S/C23H26N2O4/c1-15-11-16(2)13-17(12-15)23(28)29-14-21(26)25-20-10-6-5-9-19(20)22(27)24-18-7-3-4-8-18/h5-6,9-13,18H,3-4,7-8,14H2,1-2H3,(H,24,27)(H,25,26). The first kappa shape index (κ1) is 20.6. The van der Waals surface area contributed by atoms with Crippen molar-refractivity contribution >= 4 is 23.5 Å². The van der Waals surface area contributed by atoms with Crippen LogP contribution in [-0.2, 0) is 9.53 Å². The van der Waals surface area contributed by atoms with Crippen molar-refractivity contribution in [3.63, 3.8) is 0 Å². The molecule has 29 heavy (non-hydrogen) atoms. The van der Waals surface area contributed by atoms with Crippen molar-refractivity contribution in [1.82, 2.24) is 5.32 Å². The lowest BCUT2D eigenvalue weighted by atomic mass is 10.1. The normalized spacial score (nSPS) is 13.7. The summed E-state index contributed by atoms with van der Waals surface area (Å²) in [6.45, 7) is 3.36. The smallest absolute Gasteiger partial charge is 0.338 e. The Morgan fingerprint density at radius 2 is 1.66 bits per heavy atom. The number of anilines is 1. The van der Waals surface area contributed by atoms with Crippen LogP contribution in [0.2, 0.25) is 0 Å². The lowest BCUT2D eigenvalue weighted by Gasteiger charge is -2.15. The van der Waals surface area contributed by atoms with Crippen LogP contribution in [0.15, 0.2) is 42.5 Å². The fourth-order valence-electron chi connectivity index (χ4n) is 3.62. The van der Waals surface area contributed by atoms with Gasteiger partial charge in [0, 0.05) is 6.04 Å². The molecule has 3 rings (SSSR count). The second-order valence-corrected chi connectivity index (χ2v) is 7.50. The van der Waals surface area contributed by atoms with E-state index in [1.54, 1.807) is 36.4 Å². The number of benzene rings is 2. The maximum atomic E-state index is 12.6. The highest BCUT2D eigenvalue weighted by Crippen LogP contribution is 2.20. The first-order chi connectivity index (χ1) is 13.9. The molecule has 6 heteroatoms. The lowest BCUT2D eigenvalue weighted by molar-refractivity contribution is -0.119. The fraction of sp³-hybridized carbons (Fsp3) is 0.348. The molecule has 2 amide bonds. The molecule has 0 saturated heterocycles. The Hall–Kier alpha value is -3.15. The molecule has 152 valence electrons. The number of nitrogens with one attached hydrogen (secondary N) is 2. The summed E-state index contributed by atoms with van der Waals surface area (Å²) >= 11 is 0. The fourth-order valence-corrected chi connectivity index (χ4v) is 3.62. The number of para-hydroxylation sites is 1. The molecule has 2 aromatic carbocycles. The van der Waals surface area contributed by atoms with E-state index < -0.39 is 18.5 Å². The molecule has 2 aromatic rings. The van der Waals surface area contributed by atoms with E-state index in [9.17, 15) is 14.4 Å². The van der Waals surface area contributed by atoms with Crippen LogP contribution in [0.1, 0.15) is 57.5 Å². The molecule has 1 saturated carbocycles. The van der Waals surface area contributed by atoms with E-state index in [-0.39, 0.29) is 11.9 Å². The molecule has 0 spiro atoms. The molecule has 1 aliphatic rings. The zero-order valence-electron chi connectivity index (χ0n) is 16.8. The summed E-state index contributed by atoms with van der Waals surface area (Å²) in [5, 5.41) is 5.68. The molecule has 0 unspecified atom stereocenters. The highest BCUT2D eigenvalue weighted by Gasteiger charge is 2.20. The van der Waals surface area contributed by atoms with Crippen LogP contribution in [0.4, 0.5) is 5.69 Å². The molecule has 0 bridgehead atoms. The summed E-state index contributed by atoms with van der Waals surface area (Å²) in [4.78, 5) is 37.1. The van der Waals surface area contributed by atoms with Crippen molar-refractivity contribution in [3.8, 4) is 0 Å². The Labute approximate surface area is 170 Å². The van der Waals surface area contributed by atoms with Crippen LogP contribution < -0.4 is 10.6 Å². The number of ether oxygens (including phenoxy) is 1. The van der Waals surface area contributed by atoms with Gasteiger partial charge in [0.15, 0.2) is 6.61 Å². The lowest BCUT2D eigenvalue weighted by Crippen LogP contribution is -2.33. The average Bonchev–Trinajstić information content (AvgIpc) is 3.18. The number of hydrogen-bond donors (Lipinski definition) is 2. The van der Waals surface area contributed by atoms with Gasteiger partial charge >= 0.3 is 5.97 Å². The van der Waals surface area contributed by atoms with Crippen LogP contribution in [0.5, 0.6) is 0 Å². The maximum Gasteiger partial charge on any atom is 0.338 e. The Morgan fingerprint density at radius 3 is 2.34 bits per heavy atom. The van der Waals surface area contributed by atoms with Gasteiger partial charge in [-0.15, -0.1) is 0 Å². The van der Waals surface area contributed by atoms with Gasteiger partial charge in [-0.1, -0.05) is 42.2 Å². The minimum Gasteiger partial charge on any atom is -0.452 e. The molecule has 6 nitrogen and oxygen atoms in total. The summed E-state index contributed by atoms with van der Waals surface area (Å²) in [5.41, 5.74) is 3.10. The van der Waals surface area contributed by atoms with E-state index in [2.05, 4.69) is 10.6 Å². The molecule has 0 aliphatic heterocycles. The van der Waals surface area contributed by atoms with E-state index in [0.29, 0.717) is 16.8 Å². The van der Waals surface area contributed by atoms with Crippen molar-refractivity contribution in [2.45, 2.75) is 45.6 Å². The van der Waals surface area contributed by atoms with Crippen molar-refractivity contribution in [1.29, 1.82) is 0 Å². The Morgan fingerprint density at radius 1 is 1.00 bits per heavy atom. The minimum atomic E-state index is -0.556. The highest BCUT2D eigenvalue weighted by atomic mass is 16.5. The summed E-state index contributed by atoms with van der Waals surface area (Å²) in [6, 6.07) is 12.4. The highest BCUT2D eigenvalue weighted by molar-refractivity contribution is 6.04. The van der Waals surface area contributed by atoms with Crippen molar-refractivity contribution < 1.29 is 19.1 Å². The van der Waals surface area contributed by atoms with Crippen molar-refractivity contribution in [2.24, 2.45) is 0 Å². The molecule has 0 radical (unpaired) electrons. The molecular weight excluding hydrogens is 368 g/mol. The maximum absolute atomic E-state index is 12.6. The Kier molecular flexibility index (Phi) is 6.65. The number of aryl methyl sites for hydroxylation is 2. The minimum absolute atomic E-state index is 0.185. The van der Waals surface area contributed by atoms with E-state index in [1.165, 1.54) is 0 Å². The zero-order valence-corrected chi connectivity index (χ0v) is 16.8. The molecule has 2 N–H and O–H groups in total. The van der Waals surface area contributed by atoms with E-state index in [4.69, 9.17) is 4.74 Å². The third-order valence-electron chi connectivity index (χ3n) is 4.93. The van der Waals surface area contributed by atoms with Gasteiger partial charge in [0.25, 0.3) is 11.8 Å². The molecular formula is C23H26N2O4. The van der Waals surface area contributed by atoms with Crippen LogP contribution in [0.3, 0.4) is 0 Å². The van der Waals surface area contributed by atoms with Gasteiger partial charge in [-0.25, -0.2) is 4.79 Å². The second-order valence-electron chi connectivity index (χ2n) is 7.50. The van der Waals surface area contributed by atoms with Gasteiger partial charge in [-0.05, 0) is 51.0 Å². The van der Waals surface area contributed by atoms with E-state index in [0.717, 1.165) is 36.8 Å². The molecule has 1 fully saturated rings. The first-order valence-electron chi connectivity index (χ1n) is 9.87. The number of hydrogen-bond acceptors (Lipinski definition) is 4. The van der Waals surface area contributed by atoms with Gasteiger partial charge in [-0.3, -0.25) is 9.59 Å². The van der Waals surface area contributed by atoms with Gasteiger partial charge in [0.2, 0.25) is 0 Å². The predicted molar refractivity (Wildman–Crippen MR) is 111 cm³/mol. The zero-order chi connectivity index (χ0) is 20.8. The van der Waals surface area contributed by atoms with Gasteiger partial charge in [-0.2, -0.15) is 0 Å². The second kappa shape index (κ2) is 9.37. The quantitative estimate of drug-likeness (QED) is 0.731. The number of esters is 1. The monoisotopic (exact) mass is 394 g/mol. The molecule has 0 heterocycles. The van der Waals surface area contributed by atoms with Gasteiger partial charge < -0.3 is 15.4 Å². The van der Waals surface area contributed by atoms with Crippen LogP contribution in [0, 0.1) is 13.8 Å². The van der Waals surface area contributed by atoms with Crippen LogP contribution in [-0.4, -0.2) is 30.4 Å². The van der Waals surface area contributed by atoms with Gasteiger partial charge in [0.05, 0.1) is 16.8 Å². The van der Waals surface area contributed by atoms with E-state index in [1.807, 2.05) is 19.9 Å². The van der Waals surface area contributed by atoms with Crippen molar-refractivity contribution in [3.05, 3.63) is 64.7 Å². The largest absolute Gasteiger partial charge is 0.452 e. The Bertz CT molecular complexity index is 897. The Balaban J connectivity index is 1.59. The third-order valence-corrected chi connectivity index (χ3v) is 4.93. The first-order valence-corrected chi connectivity index (χ1v) is 9.87.